The highest BCUT2D eigenvalue weighted by Crippen LogP contribution is 2.24. The minimum absolute atomic E-state index is 0.0361. The van der Waals surface area contributed by atoms with E-state index in [1.165, 1.54) is 12.1 Å². The molecule has 3 amide bonds. The molecule has 1 saturated heterocycles. The average molecular weight is 474 g/mol. The number of nitrogens with zero attached hydrogens (tertiary/aromatic N) is 1. The van der Waals surface area contributed by atoms with Gasteiger partial charge < -0.3 is 15.5 Å². The molecule has 0 aliphatic carbocycles. The van der Waals surface area contributed by atoms with Crippen LogP contribution in [-0.2, 0) is 4.79 Å². The lowest BCUT2D eigenvalue weighted by atomic mass is 9.88. The van der Waals surface area contributed by atoms with Crippen molar-refractivity contribution in [1.82, 2.24) is 15.5 Å². The van der Waals surface area contributed by atoms with Gasteiger partial charge in [0, 0.05) is 19.1 Å². The Morgan fingerprint density at radius 3 is 2.24 bits per heavy atom. The second-order valence-electron chi connectivity index (χ2n) is 8.36. The molecule has 6 nitrogen and oxygen atoms in total. The van der Waals surface area contributed by atoms with Crippen molar-refractivity contribution in [3.05, 3.63) is 70.5 Å². The maximum absolute atomic E-state index is 14.0. The first-order chi connectivity index (χ1) is 15.8. The van der Waals surface area contributed by atoms with Crippen LogP contribution in [0.3, 0.4) is 0 Å². The summed E-state index contributed by atoms with van der Waals surface area (Å²) in [7, 11) is 0. The molecule has 2 N–H and O–H groups in total. The summed E-state index contributed by atoms with van der Waals surface area (Å²) < 4.78 is 14.0. The Morgan fingerprint density at radius 2 is 1.64 bits per heavy atom. The van der Waals surface area contributed by atoms with E-state index in [4.69, 9.17) is 11.6 Å². The van der Waals surface area contributed by atoms with Crippen LogP contribution in [0.25, 0.3) is 0 Å². The van der Waals surface area contributed by atoms with E-state index in [-0.39, 0.29) is 29.3 Å². The lowest BCUT2D eigenvalue weighted by Crippen LogP contribution is -2.55. The smallest absolute Gasteiger partial charge is 0.256 e. The van der Waals surface area contributed by atoms with Crippen molar-refractivity contribution in [2.45, 2.75) is 45.2 Å². The highest BCUT2D eigenvalue weighted by molar-refractivity contribution is 6.33. The maximum atomic E-state index is 14.0. The molecular formula is C25H29ClFN3O3. The predicted molar refractivity (Wildman–Crippen MR) is 126 cm³/mol. The predicted octanol–water partition coefficient (Wildman–Crippen LogP) is 4.04. The largest absolute Gasteiger partial charge is 0.352 e. The van der Waals surface area contributed by atoms with E-state index in [0.29, 0.717) is 36.5 Å². The fourth-order valence-corrected chi connectivity index (χ4v) is 4.16. The molecular weight excluding hydrogens is 445 g/mol. The summed E-state index contributed by atoms with van der Waals surface area (Å²) >= 11 is 6.16. The minimum Gasteiger partial charge on any atom is -0.352 e. The lowest BCUT2D eigenvalue weighted by Gasteiger charge is -2.36. The molecule has 0 radical (unpaired) electrons. The molecule has 0 bridgehead atoms. The van der Waals surface area contributed by atoms with Gasteiger partial charge in [-0.1, -0.05) is 42.8 Å². The maximum Gasteiger partial charge on any atom is 0.256 e. The third-order valence-electron chi connectivity index (χ3n) is 6.09. The van der Waals surface area contributed by atoms with Crippen LogP contribution in [0.15, 0.2) is 48.5 Å². The van der Waals surface area contributed by atoms with Crippen LogP contribution in [-0.4, -0.2) is 47.8 Å². The quantitative estimate of drug-likeness (QED) is 0.637. The summed E-state index contributed by atoms with van der Waals surface area (Å²) in [5.74, 6) is -1.78. The van der Waals surface area contributed by atoms with Gasteiger partial charge in [0.2, 0.25) is 5.91 Å². The number of carbonyl (C=O) groups excluding carboxylic acids is 3. The molecule has 1 heterocycles. The first-order valence-electron chi connectivity index (χ1n) is 11.2. The van der Waals surface area contributed by atoms with Gasteiger partial charge in [-0.25, -0.2) is 4.39 Å². The number of nitrogens with one attached hydrogen (secondary N) is 2. The van der Waals surface area contributed by atoms with Crippen LogP contribution in [0, 0.1) is 11.7 Å². The molecule has 1 fully saturated rings. The van der Waals surface area contributed by atoms with Crippen LogP contribution in [0.4, 0.5) is 4.39 Å². The summed E-state index contributed by atoms with van der Waals surface area (Å²) in [6.45, 7) is 4.61. The molecule has 8 heteroatoms. The van der Waals surface area contributed by atoms with E-state index in [0.717, 1.165) is 6.42 Å². The highest BCUT2D eigenvalue weighted by atomic mass is 35.5. The molecule has 2 aromatic carbocycles. The standard InChI is InChI=1S/C25H29ClFN3O3/c1-3-16(2)28-24(32)22(29-23(31)18-8-4-6-10-20(18)26)17-12-14-30(15-13-17)25(33)19-9-5-7-11-21(19)27/h4-11,16-17,22H,3,12-15H2,1-2H3,(H,28,32)(H,29,31)/t16-,22-/m0/s1. The van der Waals surface area contributed by atoms with Crippen LogP contribution in [0.2, 0.25) is 5.02 Å². The van der Waals surface area contributed by atoms with Gasteiger partial charge in [-0.2, -0.15) is 0 Å². The number of hydrogen-bond acceptors (Lipinski definition) is 3. The zero-order valence-corrected chi connectivity index (χ0v) is 19.6. The normalized spacial score (nSPS) is 16.1. The second-order valence-corrected chi connectivity index (χ2v) is 8.77. The molecule has 1 aliphatic rings. The fourth-order valence-electron chi connectivity index (χ4n) is 3.94. The van der Waals surface area contributed by atoms with Crippen molar-refractivity contribution in [3.63, 3.8) is 0 Å². The Balaban J connectivity index is 1.72. The molecule has 2 aromatic rings. The van der Waals surface area contributed by atoms with Gasteiger partial charge in [0.15, 0.2) is 0 Å². The summed E-state index contributed by atoms with van der Waals surface area (Å²) in [6, 6.07) is 11.8. The number of hydrogen-bond donors (Lipinski definition) is 2. The SMILES string of the molecule is CC[C@H](C)NC(=O)[C@@H](NC(=O)c1ccccc1Cl)C1CCN(C(=O)c2ccccc2F)CC1. The summed E-state index contributed by atoms with van der Waals surface area (Å²) in [5, 5.41) is 6.11. The van der Waals surface area contributed by atoms with Crippen molar-refractivity contribution in [1.29, 1.82) is 0 Å². The van der Waals surface area contributed by atoms with Gasteiger partial charge in [-0.15, -0.1) is 0 Å². The molecule has 0 saturated carbocycles. The fraction of sp³-hybridized carbons (Fsp3) is 0.400. The van der Waals surface area contributed by atoms with Crippen molar-refractivity contribution >= 4 is 29.3 Å². The van der Waals surface area contributed by atoms with E-state index in [1.807, 2.05) is 13.8 Å². The Hall–Kier alpha value is -2.93. The summed E-state index contributed by atoms with van der Waals surface area (Å²) in [6.07, 6.45) is 1.76. The Morgan fingerprint density at radius 1 is 1.03 bits per heavy atom. The first-order valence-corrected chi connectivity index (χ1v) is 11.6. The van der Waals surface area contributed by atoms with E-state index < -0.39 is 17.8 Å². The molecule has 2 atom stereocenters. The molecule has 0 aromatic heterocycles. The second kappa shape index (κ2) is 11.3. The highest BCUT2D eigenvalue weighted by Gasteiger charge is 2.35. The minimum atomic E-state index is -0.770. The van der Waals surface area contributed by atoms with E-state index in [2.05, 4.69) is 10.6 Å². The monoisotopic (exact) mass is 473 g/mol. The zero-order valence-electron chi connectivity index (χ0n) is 18.8. The van der Waals surface area contributed by atoms with Gasteiger partial charge in [0.05, 0.1) is 16.1 Å². The topological polar surface area (TPSA) is 78.5 Å². The molecule has 0 spiro atoms. The van der Waals surface area contributed by atoms with Gasteiger partial charge in [-0.05, 0) is 56.4 Å². The van der Waals surface area contributed by atoms with E-state index >= 15 is 0 Å². The number of piperidine rings is 1. The molecule has 1 aliphatic heterocycles. The van der Waals surface area contributed by atoms with Crippen molar-refractivity contribution in [2.24, 2.45) is 5.92 Å². The number of carbonyl (C=O) groups is 3. The van der Waals surface area contributed by atoms with Gasteiger partial charge >= 0.3 is 0 Å². The van der Waals surface area contributed by atoms with Crippen LogP contribution in [0.1, 0.15) is 53.8 Å². The van der Waals surface area contributed by atoms with E-state index in [1.54, 1.807) is 41.3 Å². The third kappa shape index (κ3) is 6.11. The van der Waals surface area contributed by atoms with E-state index in [9.17, 15) is 18.8 Å². The third-order valence-corrected chi connectivity index (χ3v) is 6.42. The summed E-state index contributed by atoms with van der Waals surface area (Å²) in [5.41, 5.74) is 0.335. The lowest BCUT2D eigenvalue weighted by molar-refractivity contribution is -0.125. The summed E-state index contributed by atoms with van der Waals surface area (Å²) in [4.78, 5) is 40.3. The van der Waals surface area contributed by atoms with Crippen LogP contribution in [0.5, 0.6) is 0 Å². The van der Waals surface area contributed by atoms with Crippen LogP contribution < -0.4 is 10.6 Å². The Bertz CT molecular complexity index is 1010. The molecule has 0 unspecified atom stereocenters. The Kier molecular flexibility index (Phi) is 8.44. The molecule has 33 heavy (non-hydrogen) atoms. The first kappa shape index (κ1) is 24.7. The van der Waals surface area contributed by atoms with Crippen LogP contribution >= 0.6 is 11.6 Å². The van der Waals surface area contributed by atoms with Gasteiger partial charge in [-0.3, -0.25) is 14.4 Å². The number of likely N-dealkylation sites (tertiary alicyclic amines) is 1. The zero-order chi connectivity index (χ0) is 24.0. The van der Waals surface area contributed by atoms with Gasteiger partial charge in [0.25, 0.3) is 11.8 Å². The van der Waals surface area contributed by atoms with Crippen molar-refractivity contribution < 1.29 is 18.8 Å². The number of rotatable bonds is 7. The van der Waals surface area contributed by atoms with Crippen molar-refractivity contribution in [3.8, 4) is 0 Å². The number of amides is 3. The average Bonchev–Trinajstić information content (AvgIpc) is 2.82. The van der Waals surface area contributed by atoms with Gasteiger partial charge in [0.1, 0.15) is 11.9 Å². The van der Waals surface area contributed by atoms with Crippen molar-refractivity contribution in [2.75, 3.05) is 13.1 Å². The Labute approximate surface area is 198 Å². The molecule has 3 rings (SSSR count). The number of benzene rings is 2. The molecule has 176 valence electrons. The number of halogens is 2.